The van der Waals surface area contributed by atoms with Gasteiger partial charge < -0.3 is 9.52 Å². The van der Waals surface area contributed by atoms with Crippen LogP contribution in [0, 0.1) is 11.3 Å². The van der Waals surface area contributed by atoms with Gasteiger partial charge in [-0.25, -0.2) is 4.79 Å². The van der Waals surface area contributed by atoms with Crippen molar-refractivity contribution in [2.75, 3.05) is 0 Å². The Kier molecular flexibility index (Phi) is 3.75. The first-order valence-electron chi connectivity index (χ1n) is 4.81. The molecule has 0 amide bonds. The highest BCUT2D eigenvalue weighted by atomic mass is 79.9. The van der Waals surface area contributed by atoms with Gasteiger partial charge in [0.15, 0.2) is 5.09 Å². The molecule has 0 atom stereocenters. The summed E-state index contributed by atoms with van der Waals surface area (Å²) in [6.45, 7) is 0. The van der Waals surface area contributed by atoms with E-state index in [1.807, 2.05) is 6.07 Å². The number of hydrogen-bond donors (Lipinski definition) is 1. The number of carbonyl (C=O) groups is 1. The fourth-order valence-corrected chi connectivity index (χ4v) is 2.69. The molecule has 6 heteroatoms. The fraction of sp³-hybridized carbons (Fsp3) is 0. The number of benzene rings is 1. The summed E-state index contributed by atoms with van der Waals surface area (Å²) in [6, 6.07) is 10.3. The Labute approximate surface area is 115 Å². The van der Waals surface area contributed by atoms with E-state index in [2.05, 4.69) is 15.9 Å². The lowest BCUT2D eigenvalue weighted by Crippen LogP contribution is -1.91. The first-order valence-corrected chi connectivity index (χ1v) is 6.42. The van der Waals surface area contributed by atoms with Gasteiger partial charge in [-0.05, 0) is 46.3 Å². The maximum Gasteiger partial charge on any atom is 0.371 e. The predicted octanol–water partition coefficient (Wildman–Crippen LogP) is 3.76. The lowest BCUT2D eigenvalue weighted by molar-refractivity contribution is 0.0656. The molecule has 2 rings (SSSR count). The molecular formula is C12H6BrNO3S. The largest absolute Gasteiger partial charge is 0.475 e. The number of nitrogens with zero attached hydrogens (tertiary/aromatic N) is 1. The van der Waals surface area contributed by atoms with Crippen molar-refractivity contribution < 1.29 is 14.3 Å². The molecule has 0 saturated carbocycles. The van der Waals surface area contributed by atoms with E-state index >= 15 is 0 Å². The maximum absolute atomic E-state index is 10.7. The van der Waals surface area contributed by atoms with E-state index in [9.17, 15) is 4.79 Å². The zero-order valence-corrected chi connectivity index (χ0v) is 11.3. The van der Waals surface area contributed by atoms with Gasteiger partial charge in [-0.1, -0.05) is 11.8 Å². The minimum Gasteiger partial charge on any atom is -0.475 e. The SMILES string of the molecule is N#Cc1ccc(Sc2ccc(C(=O)O)o2)cc1Br. The number of halogens is 1. The Bertz CT molecular complexity index is 645. The lowest BCUT2D eigenvalue weighted by Gasteiger charge is -2.00. The van der Waals surface area contributed by atoms with Crippen LogP contribution >= 0.6 is 27.7 Å². The molecule has 0 saturated heterocycles. The molecule has 0 bridgehead atoms. The summed E-state index contributed by atoms with van der Waals surface area (Å²) in [7, 11) is 0. The van der Waals surface area contributed by atoms with E-state index in [0.29, 0.717) is 15.1 Å². The fourth-order valence-electron chi connectivity index (χ4n) is 1.26. The van der Waals surface area contributed by atoms with Crippen molar-refractivity contribution in [2.24, 2.45) is 0 Å². The van der Waals surface area contributed by atoms with Crippen molar-refractivity contribution in [2.45, 2.75) is 9.99 Å². The Balaban J connectivity index is 2.21. The highest BCUT2D eigenvalue weighted by Gasteiger charge is 2.10. The average molecular weight is 324 g/mol. The van der Waals surface area contributed by atoms with Gasteiger partial charge in [0.1, 0.15) is 6.07 Å². The number of hydrogen-bond acceptors (Lipinski definition) is 4. The number of carboxylic acid groups (broad SMARTS) is 1. The molecule has 90 valence electrons. The van der Waals surface area contributed by atoms with Crippen LogP contribution in [0.25, 0.3) is 0 Å². The first kappa shape index (κ1) is 12.7. The molecule has 18 heavy (non-hydrogen) atoms. The maximum atomic E-state index is 10.7. The van der Waals surface area contributed by atoms with Crippen molar-refractivity contribution in [3.63, 3.8) is 0 Å². The number of furan rings is 1. The van der Waals surface area contributed by atoms with Gasteiger partial charge in [-0.15, -0.1) is 0 Å². The summed E-state index contributed by atoms with van der Waals surface area (Å²) < 4.78 is 5.82. The van der Waals surface area contributed by atoms with Gasteiger partial charge in [-0.2, -0.15) is 5.26 Å². The molecule has 0 radical (unpaired) electrons. The normalized spacial score (nSPS) is 10.0. The van der Waals surface area contributed by atoms with Crippen LogP contribution in [0.1, 0.15) is 16.1 Å². The molecule has 1 aromatic carbocycles. The van der Waals surface area contributed by atoms with E-state index in [1.165, 1.54) is 17.8 Å². The average Bonchev–Trinajstić information content (AvgIpc) is 2.78. The molecular weight excluding hydrogens is 318 g/mol. The van der Waals surface area contributed by atoms with E-state index in [-0.39, 0.29) is 5.76 Å². The van der Waals surface area contributed by atoms with Crippen molar-refractivity contribution in [1.29, 1.82) is 5.26 Å². The topological polar surface area (TPSA) is 74.2 Å². The van der Waals surface area contributed by atoms with Gasteiger partial charge in [0.05, 0.1) is 5.56 Å². The van der Waals surface area contributed by atoms with E-state index < -0.39 is 5.97 Å². The Morgan fingerprint density at radius 1 is 1.39 bits per heavy atom. The van der Waals surface area contributed by atoms with Crippen LogP contribution in [0.5, 0.6) is 0 Å². The monoisotopic (exact) mass is 323 g/mol. The molecule has 0 unspecified atom stereocenters. The van der Waals surface area contributed by atoms with Crippen LogP contribution in [0.2, 0.25) is 0 Å². The smallest absolute Gasteiger partial charge is 0.371 e. The summed E-state index contributed by atoms with van der Waals surface area (Å²) in [5.74, 6) is -1.19. The van der Waals surface area contributed by atoms with Crippen molar-refractivity contribution in [1.82, 2.24) is 0 Å². The zero-order valence-electron chi connectivity index (χ0n) is 8.88. The molecule has 0 fully saturated rings. The second-order valence-corrected chi connectivity index (χ2v) is 5.21. The summed E-state index contributed by atoms with van der Waals surface area (Å²) >= 11 is 4.58. The number of carboxylic acids is 1. The Hall–Kier alpha value is -1.71. The van der Waals surface area contributed by atoms with Crippen molar-refractivity contribution in [3.8, 4) is 6.07 Å². The van der Waals surface area contributed by atoms with Crippen LogP contribution in [0.3, 0.4) is 0 Å². The summed E-state index contributed by atoms with van der Waals surface area (Å²) in [5.41, 5.74) is 0.546. The molecule has 0 spiro atoms. The van der Waals surface area contributed by atoms with E-state index in [1.54, 1.807) is 24.3 Å². The Morgan fingerprint density at radius 2 is 2.17 bits per heavy atom. The molecule has 4 nitrogen and oxygen atoms in total. The van der Waals surface area contributed by atoms with Gasteiger partial charge in [-0.3, -0.25) is 0 Å². The molecule has 2 aromatic rings. The van der Waals surface area contributed by atoms with Gasteiger partial charge in [0, 0.05) is 9.37 Å². The number of nitriles is 1. The van der Waals surface area contributed by atoms with Crippen LogP contribution < -0.4 is 0 Å². The molecule has 1 aromatic heterocycles. The predicted molar refractivity (Wildman–Crippen MR) is 68.6 cm³/mol. The first-order chi connectivity index (χ1) is 8.60. The molecule has 1 N–H and O–H groups in total. The lowest BCUT2D eigenvalue weighted by atomic mass is 10.2. The summed E-state index contributed by atoms with van der Waals surface area (Å²) in [5, 5.41) is 18.0. The quantitative estimate of drug-likeness (QED) is 0.930. The third kappa shape index (κ3) is 2.75. The van der Waals surface area contributed by atoms with E-state index in [4.69, 9.17) is 14.8 Å². The molecule has 0 aliphatic carbocycles. The standard InChI is InChI=1S/C12H6BrNO3S/c13-9-5-8(2-1-7(9)6-14)18-11-4-3-10(17-11)12(15)16/h1-5H,(H,15,16). The summed E-state index contributed by atoms with van der Waals surface area (Å²) in [4.78, 5) is 11.5. The van der Waals surface area contributed by atoms with Gasteiger partial charge >= 0.3 is 5.97 Å². The van der Waals surface area contributed by atoms with Crippen LogP contribution in [0.4, 0.5) is 0 Å². The van der Waals surface area contributed by atoms with Crippen molar-refractivity contribution >= 4 is 33.7 Å². The Morgan fingerprint density at radius 3 is 2.72 bits per heavy atom. The molecule has 0 aliphatic heterocycles. The third-order valence-electron chi connectivity index (χ3n) is 2.07. The number of rotatable bonds is 3. The van der Waals surface area contributed by atoms with Gasteiger partial charge in [0.2, 0.25) is 5.76 Å². The highest BCUT2D eigenvalue weighted by Crippen LogP contribution is 2.31. The minimum atomic E-state index is -1.09. The van der Waals surface area contributed by atoms with Crippen LogP contribution in [0.15, 0.2) is 49.2 Å². The number of aromatic carboxylic acids is 1. The van der Waals surface area contributed by atoms with Crippen LogP contribution in [-0.4, -0.2) is 11.1 Å². The van der Waals surface area contributed by atoms with E-state index in [0.717, 1.165) is 4.90 Å². The third-order valence-corrected chi connectivity index (χ3v) is 3.64. The second-order valence-electron chi connectivity index (χ2n) is 3.28. The molecule has 0 aliphatic rings. The van der Waals surface area contributed by atoms with Crippen LogP contribution in [-0.2, 0) is 0 Å². The second kappa shape index (κ2) is 5.29. The highest BCUT2D eigenvalue weighted by molar-refractivity contribution is 9.10. The molecule has 1 heterocycles. The minimum absolute atomic E-state index is 0.0924. The summed E-state index contributed by atoms with van der Waals surface area (Å²) in [6.07, 6.45) is 0. The zero-order chi connectivity index (χ0) is 13.1. The van der Waals surface area contributed by atoms with Crippen molar-refractivity contribution in [3.05, 3.63) is 46.1 Å². The van der Waals surface area contributed by atoms with Gasteiger partial charge in [0.25, 0.3) is 0 Å².